The third kappa shape index (κ3) is 4.35. The average Bonchev–Trinajstić information content (AvgIpc) is 3.01. The van der Waals surface area contributed by atoms with E-state index in [1.165, 1.54) is 58.0 Å². The van der Waals surface area contributed by atoms with Crippen LogP contribution in [-0.2, 0) is 4.74 Å². The second-order valence-corrected chi connectivity index (χ2v) is 7.09. The lowest BCUT2D eigenvalue weighted by molar-refractivity contribution is 0.0673. The number of rotatable bonds is 4. The molecule has 0 aromatic heterocycles. The molecule has 126 valence electrons. The van der Waals surface area contributed by atoms with Gasteiger partial charge in [0.25, 0.3) is 0 Å². The van der Waals surface area contributed by atoms with Crippen molar-refractivity contribution in [2.45, 2.75) is 51.0 Å². The zero-order valence-electron chi connectivity index (χ0n) is 13.9. The van der Waals surface area contributed by atoms with Crippen LogP contribution in [0.15, 0.2) is 4.99 Å². The summed E-state index contributed by atoms with van der Waals surface area (Å²) in [5.41, 5.74) is 6.16. The third-order valence-electron chi connectivity index (χ3n) is 5.52. The Balaban J connectivity index is 1.47. The Morgan fingerprint density at radius 1 is 1.00 bits per heavy atom. The van der Waals surface area contributed by atoms with Crippen molar-refractivity contribution in [2.75, 3.05) is 45.9 Å². The van der Waals surface area contributed by atoms with Crippen molar-refractivity contribution in [1.82, 2.24) is 9.80 Å². The molecule has 2 N–H and O–H groups in total. The van der Waals surface area contributed by atoms with Crippen molar-refractivity contribution in [1.29, 1.82) is 0 Å². The third-order valence-corrected chi connectivity index (χ3v) is 5.52. The van der Waals surface area contributed by atoms with Crippen LogP contribution in [0.5, 0.6) is 0 Å². The molecule has 1 saturated carbocycles. The minimum Gasteiger partial charge on any atom is -0.378 e. The average molecular weight is 308 g/mol. The van der Waals surface area contributed by atoms with Crippen LogP contribution in [0.2, 0.25) is 0 Å². The quantitative estimate of drug-likeness (QED) is 0.634. The summed E-state index contributed by atoms with van der Waals surface area (Å²) in [6.07, 6.45) is 9.79. The van der Waals surface area contributed by atoms with Gasteiger partial charge in [0.05, 0.1) is 19.8 Å². The van der Waals surface area contributed by atoms with Crippen molar-refractivity contribution in [3.63, 3.8) is 0 Å². The first-order valence-electron chi connectivity index (χ1n) is 9.19. The molecule has 5 heteroatoms. The Bertz CT molecular complexity index is 362. The van der Waals surface area contributed by atoms with Gasteiger partial charge in [0.15, 0.2) is 5.96 Å². The minimum absolute atomic E-state index is 0.613. The Labute approximate surface area is 134 Å². The van der Waals surface area contributed by atoms with Crippen LogP contribution in [0.4, 0.5) is 0 Å². The molecule has 0 spiro atoms. The molecule has 2 heterocycles. The Morgan fingerprint density at radius 2 is 1.77 bits per heavy atom. The van der Waals surface area contributed by atoms with Gasteiger partial charge in [-0.05, 0) is 38.1 Å². The van der Waals surface area contributed by atoms with Crippen molar-refractivity contribution < 1.29 is 4.74 Å². The predicted molar refractivity (Wildman–Crippen MR) is 90.1 cm³/mol. The summed E-state index contributed by atoms with van der Waals surface area (Å²) in [6.45, 7) is 6.72. The van der Waals surface area contributed by atoms with Crippen LogP contribution in [0, 0.1) is 5.92 Å². The molecule has 1 aliphatic carbocycles. The van der Waals surface area contributed by atoms with Gasteiger partial charge in [0.1, 0.15) is 0 Å². The molecule has 3 rings (SSSR count). The number of nitrogens with two attached hydrogens (primary N) is 1. The number of hydrogen-bond acceptors (Lipinski definition) is 3. The van der Waals surface area contributed by atoms with E-state index >= 15 is 0 Å². The van der Waals surface area contributed by atoms with E-state index < -0.39 is 0 Å². The number of guanidine groups is 1. The van der Waals surface area contributed by atoms with Crippen molar-refractivity contribution >= 4 is 5.96 Å². The molecular weight excluding hydrogens is 276 g/mol. The summed E-state index contributed by atoms with van der Waals surface area (Å²) in [4.78, 5) is 9.54. The van der Waals surface area contributed by atoms with Gasteiger partial charge in [0.2, 0.25) is 0 Å². The highest BCUT2D eigenvalue weighted by molar-refractivity contribution is 5.78. The van der Waals surface area contributed by atoms with Gasteiger partial charge in [0, 0.05) is 25.7 Å². The number of aliphatic imine (C=N–C) groups is 1. The smallest absolute Gasteiger partial charge is 0.191 e. The van der Waals surface area contributed by atoms with Crippen molar-refractivity contribution in [2.24, 2.45) is 16.6 Å². The maximum atomic E-state index is 6.16. The van der Waals surface area contributed by atoms with E-state index in [-0.39, 0.29) is 0 Å². The van der Waals surface area contributed by atoms with Gasteiger partial charge in [-0.25, -0.2) is 0 Å². The molecule has 0 amide bonds. The van der Waals surface area contributed by atoms with Gasteiger partial charge in [-0.3, -0.25) is 9.89 Å². The first kappa shape index (κ1) is 16.1. The summed E-state index contributed by atoms with van der Waals surface area (Å²) in [6, 6.07) is 0.613. The molecule has 0 bridgehead atoms. The Morgan fingerprint density at radius 3 is 2.55 bits per heavy atom. The first-order chi connectivity index (χ1) is 10.8. The lowest BCUT2D eigenvalue weighted by atomic mass is 9.89. The molecule has 0 aromatic carbocycles. The summed E-state index contributed by atoms with van der Waals surface area (Å²) >= 11 is 0. The lowest BCUT2D eigenvalue weighted by Gasteiger charge is -2.31. The van der Waals surface area contributed by atoms with Crippen molar-refractivity contribution in [3.8, 4) is 0 Å². The predicted octanol–water partition coefficient (Wildman–Crippen LogP) is 1.68. The molecule has 1 unspecified atom stereocenters. The molecule has 3 aliphatic rings. The standard InChI is InChI=1S/C17H32N4O/c18-17(20-9-11-22-12-10-20)19-13-16-7-4-8-21(16)14-15-5-2-1-3-6-15/h15-16H,1-14H2,(H2,18,19). The summed E-state index contributed by atoms with van der Waals surface area (Å²) < 4.78 is 5.37. The Kier molecular flexibility index (Phi) is 5.96. The summed E-state index contributed by atoms with van der Waals surface area (Å²) in [7, 11) is 0. The molecule has 3 fully saturated rings. The van der Waals surface area contributed by atoms with E-state index in [4.69, 9.17) is 15.5 Å². The molecule has 5 nitrogen and oxygen atoms in total. The number of likely N-dealkylation sites (tertiary alicyclic amines) is 1. The van der Waals surface area contributed by atoms with Crippen LogP contribution in [-0.4, -0.2) is 67.7 Å². The molecule has 2 saturated heterocycles. The number of ether oxygens (including phenoxy) is 1. The molecule has 0 radical (unpaired) electrons. The molecule has 22 heavy (non-hydrogen) atoms. The number of morpholine rings is 1. The van der Waals surface area contributed by atoms with Gasteiger partial charge in [-0.1, -0.05) is 19.3 Å². The largest absolute Gasteiger partial charge is 0.378 e. The zero-order valence-corrected chi connectivity index (χ0v) is 13.9. The molecule has 0 aromatic rings. The number of hydrogen-bond donors (Lipinski definition) is 1. The van der Waals surface area contributed by atoms with Gasteiger partial charge >= 0.3 is 0 Å². The fourth-order valence-corrected chi connectivity index (χ4v) is 4.13. The molecule has 2 aliphatic heterocycles. The van der Waals surface area contributed by atoms with Gasteiger partial charge in [-0.15, -0.1) is 0 Å². The van der Waals surface area contributed by atoms with Crippen molar-refractivity contribution in [3.05, 3.63) is 0 Å². The van der Waals surface area contributed by atoms with Crippen LogP contribution in [0.1, 0.15) is 44.9 Å². The second kappa shape index (κ2) is 8.16. The van der Waals surface area contributed by atoms with E-state index in [1.54, 1.807) is 0 Å². The van der Waals surface area contributed by atoms with Crippen LogP contribution >= 0.6 is 0 Å². The molecule has 1 atom stereocenters. The monoisotopic (exact) mass is 308 g/mol. The SMILES string of the molecule is NC(=NCC1CCCN1CC1CCCCC1)N1CCOCC1. The maximum Gasteiger partial charge on any atom is 0.191 e. The molecular formula is C17H32N4O. The topological polar surface area (TPSA) is 54.1 Å². The van der Waals surface area contributed by atoms with Crippen LogP contribution in [0.3, 0.4) is 0 Å². The maximum absolute atomic E-state index is 6.16. The van der Waals surface area contributed by atoms with E-state index in [0.717, 1.165) is 38.8 Å². The van der Waals surface area contributed by atoms with Crippen LogP contribution < -0.4 is 5.73 Å². The summed E-state index contributed by atoms with van der Waals surface area (Å²) in [5, 5.41) is 0. The summed E-state index contributed by atoms with van der Waals surface area (Å²) in [5.74, 6) is 1.64. The van der Waals surface area contributed by atoms with E-state index in [9.17, 15) is 0 Å². The van der Waals surface area contributed by atoms with Gasteiger partial charge < -0.3 is 15.4 Å². The lowest BCUT2D eigenvalue weighted by Crippen LogP contribution is -2.45. The normalized spacial score (nSPS) is 29.2. The highest BCUT2D eigenvalue weighted by Gasteiger charge is 2.27. The second-order valence-electron chi connectivity index (χ2n) is 7.09. The van der Waals surface area contributed by atoms with Gasteiger partial charge in [-0.2, -0.15) is 0 Å². The Hall–Kier alpha value is -0.810. The van der Waals surface area contributed by atoms with E-state index in [1.807, 2.05) is 0 Å². The highest BCUT2D eigenvalue weighted by atomic mass is 16.5. The minimum atomic E-state index is 0.613. The van der Waals surface area contributed by atoms with E-state index in [0.29, 0.717) is 12.0 Å². The highest BCUT2D eigenvalue weighted by Crippen LogP contribution is 2.27. The zero-order chi connectivity index (χ0) is 15.2. The van der Waals surface area contributed by atoms with Crippen LogP contribution in [0.25, 0.3) is 0 Å². The number of nitrogens with zero attached hydrogens (tertiary/aromatic N) is 3. The fraction of sp³-hybridized carbons (Fsp3) is 0.941. The fourth-order valence-electron chi connectivity index (χ4n) is 4.13. The van der Waals surface area contributed by atoms with E-state index in [2.05, 4.69) is 9.80 Å². The first-order valence-corrected chi connectivity index (χ1v) is 9.19.